The van der Waals surface area contributed by atoms with Crippen LogP contribution in [0.3, 0.4) is 0 Å². The van der Waals surface area contributed by atoms with Gasteiger partial charge in [-0.3, -0.25) is 9.36 Å². The molecular formula is C16H16FN5O. The maximum atomic E-state index is 13.7. The zero-order valence-corrected chi connectivity index (χ0v) is 12.7. The van der Waals surface area contributed by atoms with Gasteiger partial charge in [-0.25, -0.2) is 9.37 Å². The quantitative estimate of drug-likeness (QED) is 0.707. The van der Waals surface area contributed by atoms with Crippen LogP contribution in [0.2, 0.25) is 0 Å². The maximum Gasteiger partial charge on any atom is 0.260 e. The summed E-state index contributed by atoms with van der Waals surface area (Å²) in [6.07, 6.45) is 1.55. The smallest absolute Gasteiger partial charge is 0.260 e. The van der Waals surface area contributed by atoms with Crippen LogP contribution in [0.15, 0.2) is 35.3 Å². The van der Waals surface area contributed by atoms with Gasteiger partial charge >= 0.3 is 0 Å². The fourth-order valence-electron chi connectivity index (χ4n) is 2.51. The molecule has 0 amide bonds. The van der Waals surface area contributed by atoms with Crippen molar-refractivity contribution in [1.29, 1.82) is 0 Å². The van der Waals surface area contributed by atoms with Gasteiger partial charge in [-0.05, 0) is 37.6 Å². The topological polar surface area (TPSA) is 99.8 Å². The number of anilines is 2. The first-order valence-corrected chi connectivity index (χ1v) is 7.11. The number of pyridine rings is 1. The van der Waals surface area contributed by atoms with Crippen LogP contribution in [0.1, 0.15) is 19.9 Å². The zero-order chi connectivity index (χ0) is 16.7. The molecule has 2 heterocycles. The lowest BCUT2D eigenvalue weighted by molar-refractivity contribution is 0.596. The van der Waals surface area contributed by atoms with Gasteiger partial charge in [-0.2, -0.15) is 4.98 Å². The molecule has 6 nitrogen and oxygen atoms in total. The highest BCUT2D eigenvalue weighted by atomic mass is 19.1. The first-order chi connectivity index (χ1) is 10.9. The fraction of sp³-hybridized carbons (Fsp3) is 0.188. The largest absolute Gasteiger partial charge is 0.396 e. The van der Waals surface area contributed by atoms with Crippen LogP contribution in [-0.4, -0.2) is 14.5 Å². The predicted octanol–water partition coefficient (Wildman–Crippen LogP) is 2.34. The SMILES string of the molecule is CC(C)n1c(=O)c(-c2ccc(N)c(F)c2)cc2cnc(N)nc21. The molecule has 0 bridgehead atoms. The Balaban J connectivity index is 2.38. The number of rotatable bonds is 2. The number of aromatic nitrogens is 3. The second-order valence-electron chi connectivity index (χ2n) is 5.57. The molecule has 1 aromatic carbocycles. The van der Waals surface area contributed by atoms with E-state index in [0.29, 0.717) is 22.2 Å². The standard InChI is InChI=1S/C16H16FN5O/c1-8(2)22-14-10(7-20-16(19)21-14)5-11(15(22)23)9-3-4-13(18)12(17)6-9/h3-8H,18H2,1-2H3,(H2,19,20,21). The highest BCUT2D eigenvalue weighted by Gasteiger charge is 2.15. The molecule has 2 aromatic heterocycles. The van der Waals surface area contributed by atoms with Crippen molar-refractivity contribution in [2.75, 3.05) is 11.5 Å². The molecule has 3 aromatic rings. The van der Waals surface area contributed by atoms with Gasteiger partial charge in [0.2, 0.25) is 5.95 Å². The molecule has 0 fully saturated rings. The van der Waals surface area contributed by atoms with Crippen molar-refractivity contribution in [3.63, 3.8) is 0 Å². The molecule has 0 spiro atoms. The third-order valence-corrected chi connectivity index (χ3v) is 3.62. The minimum absolute atomic E-state index is 0.0369. The van der Waals surface area contributed by atoms with Crippen LogP contribution in [0.25, 0.3) is 22.2 Å². The number of nitrogen functional groups attached to an aromatic ring is 2. The van der Waals surface area contributed by atoms with Crippen LogP contribution >= 0.6 is 0 Å². The Morgan fingerprint density at radius 3 is 2.61 bits per heavy atom. The van der Waals surface area contributed by atoms with Crippen LogP contribution < -0.4 is 17.0 Å². The summed E-state index contributed by atoms with van der Waals surface area (Å²) in [7, 11) is 0. The molecule has 0 radical (unpaired) electrons. The van der Waals surface area contributed by atoms with Gasteiger partial charge in [0.05, 0.1) is 5.69 Å². The van der Waals surface area contributed by atoms with Crippen molar-refractivity contribution in [2.45, 2.75) is 19.9 Å². The highest BCUT2D eigenvalue weighted by Crippen LogP contribution is 2.24. The zero-order valence-electron chi connectivity index (χ0n) is 12.7. The maximum absolute atomic E-state index is 13.7. The molecule has 0 atom stereocenters. The minimum Gasteiger partial charge on any atom is -0.396 e. The molecule has 0 unspecified atom stereocenters. The molecule has 23 heavy (non-hydrogen) atoms. The summed E-state index contributed by atoms with van der Waals surface area (Å²) >= 11 is 0. The molecule has 118 valence electrons. The molecule has 0 saturated heterocycles. The number of halogens is 1. The van der Waals surface area contributed by atoms with Crippen molar-refractivity contribution in [3.8, 4) is 11.1 Å². The summed E-state index contributed by atoms with van der Waals surface area (Å²) in [5, 5.41) is 0.653. The number of nitrogens with two attached hydrogens (primary N) is 2. The van der Waals surface area contributed by atoms with Gasteiger partial charge in [-0.15, -0.1) is 0 Å². The lowest BCUT2D eigenvalue weighted by Crippen LogP contribution is -2.25. The third-order valence-electron chi connectivity index (χ3n) is 3.62. The van der Waals surface area contributed by atoms with Gasteiger partial charge in [0.25, 0.3) is 5.56 Å². The van der Waals surface area contributed by atoms with Crippen molar-refractivity contribution in [3.05, 3.63) is 46.6 Å². The van der Waals surface area contributed by atoms with E-state index < -0.39 is 5.82 Å². The van der Waals surface area contributed by atoms with E-state index in [4.69, 9.17) is 11.5 Å². The Bertz CT molecular complexity index is 965. The van der Waals surface area contributed by atoms with Crippen molar-refractivity contribution in [1.82, 2.24) is 14.5 Å². The number of nitrogens with zero attached hydrogens (tertiary/aromatic N) is 3. The summed E-state index contributed by atoms with van der Waals surface area (Å²) in [6.45, 7) is 3.74. The highest BCUT2D eigenvalue weighted by molar-refractivity contribution is 5.81. The van der Waals surface area contributed by atoms with Crippen molar-refractivity contribution < 1.29 is 4.39 Å². The van der Waals surface area contributed by atoms with Crippen LogP contribution in [0.4, 0.5) is 16.0 Å². The summed E-state index contributed by atoms with van der Waals surface area (Å²) in [6, 6.07) is 5.80. The Morgan fingerprint density at radius 1 is 1.22 bits per heavy atom. The lowest BCUT2D eigenvalue weighted by atomic mass is 10.0. The van der Waals surface area contributed by atoms with E-state index in [9.17, 15) is 9.18 Å². The van der Waals surface area contributed by atoms with Crippen LogP contribution in [0.5, 0.6) is 0 Å². The Labute approximate surface area is 131 Å². The molecular weight excluding hydrogens is 297 g/mol. The number of benzene rings is 1. The monoisotopic (exact) mass is 313 g/mol. The van der Waals surface area contributed by atoms with Gasteiger partial charge < -0.3 is 11.5 Å². The summed E-state index contributed by atoms with van der Waals surface area (Å²) in [5.74, 6) is -0.468. The van der Waals surface area contributed by atoms with E-state index in [1.165, 1.54) is 16.7 Å². The third kappa shape index (κ3) is 2.50. The van der Waals surface area contributed by atoms with E-state index in [-0.39, 0.29) is 23.2 Å². The van der Waals surface area contributed by atoms with Crippen molar-refractivity contribution >= 4 is 22.7 Å². The number of fused-ring (bicyclic) bond motifs is 1. The first kappa shape index (κ1) is 15.0. The van der Waals surface area contributed by atoms with E-state index >= 15 is 0 Å². The predicted molar refractivity (Wildman–Crippen MR) is 88.4 cm³/mol. The van der Waals surface area contributed by atoms with Crippen LogP contribution in [-0.2, 0) is 0 Å². The van der Waals surface area contributed by atoms with Gasteiger partial charge in [-0.1, -0.05) is 6.07 Å². The molecule has 0 aliphatic rings. The minimum atomic E-state index is -0.563. The average molecular weight is 313 g/mol. The molecule has 0 aliphatic heterocycles. The van der Waals surface area contributed by atoms with E-state index in [0.717, 1.165) is 0 Å². The Kier molecular flexibility index (Phi) is 3.48. The molecule has 4 N–H and O–H groups in total. The normalized spacial score (nSPS) is 11.3. The van der Waals surface area contributed by atoms with Gasteiger partial charge in [0, 0.05) is 23.2 Å². The Morgan fingerprint density at radius 2 is 1.96 bits per heavy atom. The summed E-state index contributed by atoms with van der Waals surface area (Å²) in [4.78, 5) is 21.0. The fourth-order valence-corrected chi connectivity index (χ4v) is 2.51. The number of hydrogen-bond acceptors (Lipinski definition) is 5. The van der Waals surface area contributed by atoms with Gasteiger partial charge in [0.15, 0.2) is 0 Å². The van der Waals surface area contributed by atoms with E-state index in [1.54, 1.807) is 18.3 Å². The van der Waals surface area contributed by atoms with Crippen molar-refractivity contribution in [2.24, 2.45) is 0 Å². The molecule has 0 aliphatic carbocycles. The van der Waals surface area contributed by atoms with E-state index in [1.807, 2.05) is 13.8 Å². The van der Waals surface area contributed by atoms with Gasteiger partial charge in [0.1, 0.15) is 11.5 Å². The molecule has 0 saturated carbocycles. The van der Waals surface area contributed by atoms with E-state index in [2.05, 4.69) is 9.97 Å². The molecule has 3 rings (SSSR count). The lowest BCUT2D eigenvalue weighted by Gasteiger charge is -2.15. The Hall–Kier alpha value is -2.96. The average Bonchev–Trinajstić information content (AvgIpc) is 2.49. The second kappa shape index (κ2) is 5.35. The number of hydrogen-bond donors (Lipinski definition) is 2. The second-order valence-corrected chi connectivity index (χ2v) is 5.57. The summed E-state index contributed by atoms with van der Waals surface area (Å²) in [5.41, 5.74) is 12.2. The molecule has 7 heteroatoms. The summed E-state index contributed by atoms with van der Waals surface area (Å²) < 4.78 is 15.3. The first-order valence-electron chi connectivity index (χ1n) is 7.11. The van der Waals surface area contributed by atoms with Crippen LogP contribution in [0, 0.1) is 5.82 Å².